The average molecular weight is 744 g/mol. The lowest BCUT2D eigenvalue weighted by molar-refractivity contribution is -0.142. The highest BCUT2D eigenvalue weighted by molar-refractivity contribution is 6.07. The molecule has 0 aliphatic heterocycles. The SMILES string of the molecule is CCCCCCOC(=O)NN=Cc1ccc(NCc2nc3cc(C(=O)N(CCC(=O)OCC)c4ccccn4)ccc3n2C)cc1.O=C(O)/C=C\C(=O)O. The van der Waals surface area contributed by atoms with Gasteiger partial charge < -0.3 is 29.6 Å². The molecule has 16 heteroatoms. The molecule has 2 heterocycles. The number of amides is 2. The molecular formula is C38H45N7O9. The van der Waals surface area contributed by atoms with Gasteiger partial charge in [0, 0.05) is 43.2 Å². The predicted molar refractivity (Wildman–Crippen MR) is 202 cm³/mol. The van der Waals surface area contributed by atoms with Gasteiger partial charge in [0.1, 0.15) is 11.6 Å². The number of ether oxygens (including phenoxy) is 2. The minimum Gasteiger partial charge on any atom is -0.478 e. The van der Waals surface area contributed by atoms with Crippen molar-refractivity contribution in [2.75, 3.05) is 30.0 Å². The van der Waals surface area contributed by atoms with E-state index in [0.717, 1.165) is 48.3 Å². The van der Waals surface area contributed by atoms with Gasteiger partial charge in [-0.05, 0) is 61.4 Å². The molecule has 54 heavy (non-hydrogen) atoms. The molecule has 4 aromatic rings. The van der Waals surface area contributed by atoms with Crippen LogP contribution in [-0.4, -0.2) is 80.6 Å². The second kappa shape index (κ2) is 22.4. The van der Waals surface area contributed by atoms with E-state index >= 15 is 0 Å². The molecule has 0 saturated heterocycles. The number of esters is 1. The number of fused-ring (bicyclic) bond motifs is 1. The van der Waals surface area contributed by atoms with Crippen molar-refractivity contribution in [3.8, 4) is 0 Å². The highest BCUT2D eigenvalue weighted by Gasteiger charge is 2.21. The molecule has 0 radical (unpaired) electrons. The predicted octanol–water partition coefficient (Wildman–Crippen LogP) is 5.53. The Labute approximate surface area is 312 Å². The first kappa shape index (κ1) is 41.8. The van der Waals surface area contributed by atoms with Gasteiger partial charge in [0.25, 0.3) is 5.91 Å². The van der Waals surface area contributed by atoms with Crippen LogP contribution in [0.3, 0.4) is 0 Å². The fourth-order valence-corrected chi connectivity index (χ4v) is 4.86. The molecule has 0 bridgehead atoms. The first-order valence-corrected chi connectivity index (χ1v) is 17.3. The summed E-state index contributed by atoms with van der Waals surface area (Å²) in [6.07, 6.45) is 7.91. The summed E-state index contributed by atoms with van der Waals surface area (Å²) in [6, 6.07) is 18.3. The average Bonchev–Trinajstić information content (AvgIpc) is 3.48. The molecule has 0 atom stereocenters. The molecule has 2 amide bonds. The summed E-state index contributed by atoms with van der Waals surface area (Å²) in [5.74, 6) is -1.94. The largest absolute Gasteiger partial charge is 0.478 e. The van der Waals surface area contributed by atoms with Gasteiger partial charge in [0.05, 0.1) is 43.4 Å². The molecule has 0 aliphatic carbocycles. The van der Waals surface area contributed by atoms with Crippen LogP contribution >= 0.6 is 0 Å². The van der Waals surface area contributed by atoms with Gasteiger partial charge in [-0.15, -0.1) is 0 Å². The van der Waals surface area contributed by atoms with Crippen LogP contribution in [0.2, 0.25) is 0 Å². The number of anilines is 2. The third-order valence-corrected chi connectivity index (χ3v) is 7.57. The van der Waals surface area contributed by atoms with E-state index in [2.05, 4.69) is 27.8 Å². The number of carbonyl (C=O) groups is 5. The Morgan fingerprint density at radius 3 is 2.31 bits per heavy atom. The van der Waals surface area contributed by atoms with Crippen molar-refractivity contribution in [1.29, 1.82) is 0 Å². The van der Waals surface area contributed by atoms with Crippen LogP contribution in [0.4, 0.5) is 16.3 Å². The van der Waals surface area contributed by atoms with Crippen LogP contribution in [0.1, 0.15) is 67.7 Å². The molecule has 0 saturated carbocycles. The van der Waals surface area contributed by atoms with Gasteiger partial charge in [-0.25, -0.2) is 29.8 Å². The number of aryl methyl sites for hydroxylation is 1. The fourth-order valence-electron chi connectivity index (χ4n) is 4.86. The smallest absolute Gasteiger partial charge is 0.427 e. The maximum absolute atomic E-state index is 13.6. The molecule has 0 spiro atoms. The Kier molecular flexibility index (Phi) is 17.3. The summed E-state index contributed by atoms with van der Waals surface area (Å²) < 4.78 is 12.1. The van der Waals surface area contributed by atoms with Crippen LogP contribution < -0.4 is 15.6 Å². The maximum atomic E-state index is 13.6. The molecule has 0 unspecified atom stereocenters. The van der Waals surface area contributed by atoms with Crippen molar-refractivity contribution in [2.24, 2.45) is 12.1 Å². The number of hydrogen-bond acceptors (Lipinski definition) is 11. The van der Waals surface area contributed by atoms with Crippen molar-refractivity contribution in [2.45, 2.75) is 52.5 Å². The number of hydrazone groups is 1. The van der Waals surface area contributed by atoms with Crippen LogP contribution in [0.25, 0.3) is 11.0 Å². The Morgan fingerprint density at radius 2 is 1.67 bits per heavy atom. The van der Waals surface area contributed by atoms with Crippen LogP contribution in [-0.2, 0) is 37.4 Å². The molecule has 2 aromatic heterocycles. The van der Waals surface area contributed by atoms with Crippen LogP contribution in [0.5, 0.6) is 0 Å². The molecule has 4 N–H and O–H groups in total. The van der Waals surface area contributed by atoms with E-state index in [1.165, 1.54) is 4.90 Å². The summed E-state index contributed by atoms with van der Waals surface area (Å²) >= 11 is 0. The number of nitrogens with zero attached hydrogens (tertiary/aromatic N) is 5. The van der Waals surface area contributed by atoms with Gasteiger partial charge in [0.2, 0.25) is 0 Å². The van der Waals surface area contributed by atoms with E-state index in [1.807, 2.05) is 41.9 Å². The molecule has 0 fully saturated rings. The molecule has 0 aliphatic rings. The molecule has 2 aromatic carbocycles. The first-order valence-electron chi connectivity index (χ1n) is 17.3. The summed E-state index contributed by atoms with van der Waals surface area (Å²) in [5, 5.41) is 23.0. The third kappa shape index (κ3) is 14.2. The standard InChI is InChI=1S/C34H41N7O5.C4H4O4/c1-4-6-7-10-21-46-34(44)39-37-23-25-12-15-27(16-13-25)36-24-31-38-28-22-26(14-17-29(28)40(31)3)33(43)41(20-18-32(42)45-5-2)30-11-8-9-19-35-30;5-3(6)1-2-4(7)8/h8-9,11-17,19,22-23,36H,4-7,10,18,20-21,24H2,1-3H3,(H,39,44);1-2H,(H,5,6)(H,7,8)/b;2-1-. The number of pyridine rings is 1. The summed E-state index contributed by atoms with van der Waals surface area (Å²) in [7, 11) is 1.93. The minimum absolute atomic E-state index is 0.0519. The molecule has 286 valence electrons. The lowest BCUT2D eigenvalue weighted by Crippen LogP contribution is -2.34. The van der Waals surface area contributed by atoms with Gasteiger partial charge in [-0.1, -0.05) is 44.4 Å². The summed E-state index contributed by atoms with van der Waals surface area (Å²) in [6.45, 7) is 5.13. The van der Waals surface area contributed by atoms with Gasteiger partial charge in [-0.3, -0.25) is 14.5 Å². The zero-order valence-corrected chi connectivity index (χ0v) is 30.4. The second-order valence-electron chi connectivity index (χ2n) is 11.5. The number of hydrogen-bond donors (Lipinski definition) is 4. The third-order valence-electron chi connectivity index (χ3n) is 7.57. The van der Waals surface area contributed by atoms with Crippen LogP contribution in [0, 0.1) is 0 Å². The number of carboxylic acids is 2. The van der Waals surface area contributed by atoms with E-state index in [0.29, 0.717) is 42.2 Å². The quantitative estimate of drug-likeness (QED) is 0.0325. The Bertz CT molecular complexity index is 1890. The number of unbranched alkanes of at least 4 members (excludes halogenated alkanes) is 3. The minimum atomic E-state index is -1.26. The van der Waals surface area contributed by atoms with E-state index in [1.54, 1.807) is 49.7 Å². The Morgan fingerprint density at radius 1 is 0.926 bits per heavy atom. The fraction of sp³-hybridized carbons (Fsp3) is 0.316. The lowest BCUT2D eigenvalue weighted by Gasteiger charge is -2.21. The highest BCUT2D eigenvalue weighted by atomic mass is 16.6. The number of carbonyl (C=O) groups excluding carboxylic acids is 3. The molecular weight excluding hydrogens is 698 g/mol. The van der Waals surface area contributed by atoms with E-state index < -0.39 is 18.0 Å². The zero-order valence-electron chi connectivity index (χ0n) is 30.4. The summed E-state index contributed by atoms with van der Waals surface area (Å²) in [5.41, 5.74) is 6.07. The molecule has 16 nitrogen and oxygen atoms in total. The van der Waals surface area contributed by atoms with Crippen LogP contribution in [0.15, 0.2) is 84.1 Å². The zero-order chi connectivity index (χ0) is 39.3. The molecule has 4 rings (SSSR count). The number of benzene rings is 2. The maximum Gasteiger partial charge on any atom is 0.427 e. The number of aliphatic carboxylic acids is 2. The van der Waals surface area contributed by atoms with Crippen molar-refractivity contribution in [3.05, 3.63) is 96.0 Å². The van der Waals surface area contributed by atoms with Crippen molar-refractivity contribution in [3.63, 3.8) is 0 Å². The van der Waals surface area contributed by atoms with E-state index in [-0.39, 0.29) is 31.4 Å². The van der Waals surface area contributed by atoms with Gasteiger partial charge in [-0.2, -0.15) is 5.10 Å². The number of imidazole rings is 1. The number of nitrogens with one attached hydrogen (secondary N) is 2. The number of rotatable bonds is 18. The normalized spacial score (nSPS) is 10.8. The van der Waals surface area contributed by atoms with Gasteiger partial charge in [0.15, 0.2) is 0 Å². The Balaban J connectivity index is 0.000000879. The van der Waals surface area contributed by atoms with E-state index in [9.17, 15) is 24.0 Å². The first-order chi connectivity index (χ1) is 26.0. The Hall–Kier alpha value is -6.58. The second-order valence-corrected chi connectivity index (χ2v) is 11.5. The van der Waals surface area contributed by atoms with Crippen molar-refractivity contribution < 1.29 is 43.7 Å². The monoisotopic (exact) mass is 743 g/mol. The number of aromatic nitrogens is 3. The highest BCUT2D eigenvalue weighted by Crippen LogP contribution is 2.21. The van der Waals surface area contributed by atoms with Crippen molar-refractivity contribution >= 4 is 58.7 Å². The summed E-state index contributed by atoms with van der Waals surface area (Å²) in [4.78, 5) is 67.1. The number of carboxylic acid groups (broad SMARTS) is 2. The van der Waals surface area contributed by atoms with Gasteiger partial charge >= 0.3 is 24.0 Å². The lowest BCUT2D eigenvalue weighted by atomic mass is 10.1. The van der Waals surface area contributed by atoms with Crippen molar-refractivity contribution in [1.82, 2.24) is 20.0 Å². The topological polar surface area (TPSA) is 215 Å². The van der Waals surface area contributed by atoms with E-state index in [4.69, 9.17) is 24.7 Å².